The lowest BCUT2D eigenvalue weighted by atomic mass is 10.2. The zero-order chi connectivity index (χ0) is 11.7. The van der Waals surface area contributed by atoms with Gasteiger partial charge in [0, 0.05) is 12.8 Å². The molecule has 0 bridgehead atoms. The molecule has 1 aromatic carbocycles. The molecule has 5 heteroatoms. The Kier molecular flexibility index (Phi) is 2.82. The van der Waals surface area contributed by atoms with E-state index < -0.39 is 0 Å². The molecule has 1 aliphatic rings. The summed E-state index contributed by atoms with van der Waals surface area (Å²) in [6, 6.07) is 8.23. The molecule has 3 rings (SSSR count). The van der Waals surface area contributed by atoms with Crippen LogP contribution in [0.25, 0.3) is 11.5 Å². The van der Waals surface area contributed by atoms with Crippen LogP contribution in [0.5, 0.6) is 0 Å². The van der Waals surface area contributed by atoms with E-state index in [0.29, 0.717) is 16.8 Å². The van der Waals surface area contributed by atoms with Crippen molar-refractivity contribution in [2.45, 2.75) is 25.4 Å². The van der Waals surface area contributed by atoms with Crippen molar-refractivity contribution in [2.75, 3.05) is 0 Å². The van der Waals surface area contributed by atoms with E-state index in [0.717, 1.165) is 18.2 Å². The lowest BCUT2D eigenvalue weighted by Gasteiger charge is -1.97. The van der Waals surface area contributed by atoms with Gasteiger partial charge in [-0.2, -0.15) is 0 Å². The Morgan fingerprint density at radius 3 is 2.88 bits per heavy atom. The summed E-state index contributed by atoms with van der Waals surface area (Å²) in [5, 5.41) is 10.9. The van der Waals surface area contributed by atoms with Gasteiger partial charge in [-0.15, -0.1) is 10.2 Å². The van der Waals surface area contributed by atoms with Gasteiger partial charge in [0.25, 0.3) is 5.89 Å². The predicted octanol–water partition coefficient (Wildman–Crippen LogP) is 1.62. The number of hydrogen-bond acceptors (Lipinski definition) is 3. The first-order valence-electron chi connectivity index (χ1n) is 5.73. The summed E-state index contributed by atoms with van der Waals surface area (Å²) in [6.45, 7) is 0.752. The number of benzene rings is 1. The van der Waals surface area contributed by atoms with Crippen LogP contribution in [0.4, 0.5) is 0 Å². The lowest BCUT2D eigenvalue weighted by molar-refractivity contribution is -0.686. The largest absolute Gasteiger partial charge is 0.415 e. The standard InChI is InChI=1S/C12H12ClN3O/c13-10-4-2-1-3-9(10)12-16-15-11(17-12)7-14-8-5-6-8/h1-4,8,14H,5-7H2/p+1. The summed E-state index contributed by atoms with van der Waals surface area (Å²) in [5.41, 5.74) is 0.791. The van der Waals surface area contributed by atoms with Crippen LogP contribution in [0.15, 0.2) is 28.7 Å². The molecule has 0 radical (unpaired) electrons. The van der Waals surface area contributed by atoms with Crippen molar-refractivity contribution < 1.29 is 9.73 Å². The van der Waals surface area contributed by atoms with E-state index in [-0.39, 0.29) is 0 Å². The third-order valence-corrected chi connectivity index (χ3v) is 3.15. The quantitative estimate of drug-likeness (QED) is 0.897. The van der Waals surface area contributed by atoms with E-state index >= 15 is 0 Å². The predicted molar refractivity (Wildman–Crippen MR) is 63.4 cm³/mol. The fourth-order valence-electron chi connectivity index (χ4n) is 1.68. The molecule has 0 amide bonds. The van der Waals surface area contributed by atoms with Crippen molar-refractivity contribution in [2.24, 2.45) is 0 Å². The maximum Gasteiger partial charge on any atom is 0.271 e. The SMILES string of the molecule is Clc1ccccc1-c1nnc(C[NH2+]C2CC2)o1. The van der Waals surface area contributed by atoms with Crippen LogP contribution in [0.3, 0.4) is 0 Å². The highest BCUT2D eigenvalue weighted by Crippen LogP contribution is 2.26. The van der Waals surface area contributed by atoms with Gasteiger partial charge in [-0.05, 0) is 12.1 Å². The molecule has 1 aliphatic carbocycles. The highest BCUT2D eigenvalue weighted by Gasteiger charge is 2.25. The summed E-state index contributed by atoms with van der Waals surface area (Å²) in [7, 11) is 0. The highest BCUT2D eigenvalue weighted by atomic mass is 35.5. The van der Waals surface area contributed by atoms with E-state index in [4.69, 9.17) is 16.0 Å². The first kappa shape index (κ1) is 10.7. The van der Waals surface area contributed by atoms with Gasteiger partial charge in [0.15, 0.2) is 6.54 Å². The number of nitrogens with two attached hydrogens (primary N) is 1. The van der Waals surface area contributed by atoms with Crippen LogP contribution >= 0.6 is 11.6 Å². The van der Waals surface area contributed by atoms with Crippen molar-refractivity contribution in [3.63, 3.8) is 0 Å². The molecule has 0 aliphatic heterocycles. The minimum Gasteiger partial charge on any atom is -0.415 e. The van der Waals surface area contributed by atoms with Crippen molar-refractivity contribution in [1.82, 2.24) is 10.2 Å². The molecular weight excluding hydrogens is 238 g/mol. The Morgan fingerprint density at radius 2 is 2.12 bits per heavy atom. The molecule has 2 N–H and O–H groups in total. The van der Waals surface area contributed by atoms with Crippen molar-refractivity contribution >= 4 is 11.6 Å². The third-order valence-electron chi connectivity index (χ3n) is 2.82. The molecule has 0 atom stereocenters. The Balaban J connectivity index is 1.77. The van der Waals surface area contributed by atoms with Gasteiger partial charge in [-0.1, -0.05) is 23.7 Å². The Labute approximate surface area is 104 Å². The third kappa shape index (κ3) is 2.48. The molecule has 0 unspecified atom stereocenters. The van der Waals surface area contributed by atoms with Gasteiger partial charge in [-0.25, -0.2) is 0 Å². The molecule has 2 aromatic rings. The first-order valence-corrected chi connectivity index (χ1v) is 6.11. The van der Waals surface area contributed by atoms with Gasteiger partial charge < -0.3 is 9.73 Å². The zero-order valence-electron chi connectivity index (χ0n) is 9.27. The Morgan fingerprint density at radius 1 is 1.29 bits per heavy atom. The topological polar surface area (TPSA) is 55.5 Å². The molecule has 1 aromatic heterocycles. The second-order valence-corrected chi connectivity index (χ2v) is 4.67. The summed E-state index contributed by atoms with van der Waals surface area (Å²) in [4.78, 5) is 0. The minimum atomic E-state index is 0.495. The van der Waals surface area contributed by atoms with E-state index in [1.54, 1.807) is 0 Å². The second-order valence-electron chi connectivity index (χ2n) is 4.26. The minimum absolute atomic E-state index is 0.495. The lowest BCUT2D eigenvalue weighted by Crippen LogP contribution is -2.84. The zero-order valence-corrected chi connectivity index (χ0v) is 10.0. The second kappa shape index (κ2) is 4.47. The van der Waals surface area contributed by atoms with Crippen LogP contribution in [0.2, 0.25) is 5.02 Å². The Bertz CT molecular complexity index is 522. The fourth-order valence-corrected chi connectivity index (χ4v) is 1.90. The van der Waals surface area contributed by atoms with E-state index in [2.05, 4.69) is 15.5 Å². The average Bonchev–Trinajstić information content (AvgIpc) is 3.06. The van der Waals surface area contributed by atoms with Crippen molar-refractivity contribution in [3.05, 3.63) is 35.2 Å². The number of nitrogens with zero attached hydrogens (tertiary/aromatic N) is 2. The number of quaternary nitrogens is 1. The molecular formula is C12H13ClN3O+. The van der Waals surface area contributed by atoms with Crippen LogP contribution in [-0.4, -0.2) is 16.2 Å². The van der Waals surface area contributed by atoms with Crippen molar-refractivity contribution in [1.29, 1.82) is 0 Å². The van der Waals surface area contributed by atoms with Crippen LogP contribution in [-0.2, 0) is 6.54 Å². The van der Waals surface area contributed by atoms with Crippen LogP contribution in [0.1, 0.15) is 18.7 Å². The molecule has 1 heterocycles. The van der Waals surface area contributed by atoms with Gasteiger partial charge in [0.2, 0.25) is 5.89 Å². The molecule has 88 valence electrons. The summed E-state index contributed by atoms with van der Waals surface area (Å²) in [5.74, 6) is 1.15. The molecule has 17 heavy (non-hydrogen) atoms. The molecule has 1 saturated carbocycles. The fraction of sp³-hybridized carbons (Fsp3) is 0.333. The normalized spacial score (nSPS) is 15.1. The summed E-state index contributed by atoms with van der Waals surface area (Å²) < 4.78 is 5.59. The van der Waals surface area contributed by atoms with Crippen LogP contribution in [0, 0.1) is 0 Å². The molecule has 4 nitrogen and oxygen atoms in total. The van der Waals surface area contributed by atoms with E-state index in [9.17, 15) is 0 Å². The molecule has 0 saturated heterocycles. The Hall–Kier alpha value is -1.39. The van der Waals surface area contributed by atoms with Gasteiger partial charge in [0.05, 0.1) is 16.6 Å². The number of halogens is 1. The van der Waals surface area contributed by atoms with Gasteiger partial charge >= 0.3 is 0 Å². The molecule has 1 fully saturated rings. The number of aromatic nitrogens is 2. The number of rotatable bonds is 4. The smallest absolute Gasteiger partial charge is 0.271 e. The summed E-state index contributed by atoms with van der Waals surface area (Å²) in [6.07, 6.45) is 2.59. The van der Waals surface area contributed by atoms with Gasteiger partial charge in [-0.3, -0.25) is 0 Å². The first-order chi connectivity index (χ1) is 8.33. The highest BCUT2D eigenvalue weighted by molar-refractivity contribution is 6.33. The maximum absolute atomic E-state index is 6.07. The monoisotopic (exact) mass is 250 g/mol. The van der Waals surface area contributed by atoms with Crippen LogP contribution < -0.4 is 5.32 Å². The van der Waals surface area contributed by atoms with Gasteiger partial charge in [0.1, 0.15) is 0 Å². The molecule has 0 spiro atoms. The van der Waals surface area contributed by atoms with E-state index in [1.807, 2.05) is 24.3 Å². The van der Waals surface area contributed by atoms with Crippen molar-refractivity contribution in [3.8, 4) is 11.5 Å². The van der Waals surface area contributed by atoms with E-state index in [1.165, 1.54) is 12.8 Å². The maximum atomic E-state index is 6.07. The number of hydrogen-bond donors (Lipinski definition) is 1. The average molecular weight is 251 g/mol. The summed E-state index contributed by atoms with van der Waals surface area (Å²) >= 11 is 6.07.